The predicted molar refractivity (Wildman–Crippen MR) is 184 cm³/mol. The van der Waals surface area contributed by atoms with Gasteiger partial charge in [0.15, 0.2) is 6.61 Å². The number of carboxylic acids is 1. The number of aryl methyl sites for hydroxylation is 1. The fourth-order valence-electron chi connectivity index (χ4n) is 5.24. The van der Waals surface area contributed by atoms with Crippen molar-refractivity contribution in [1.29, 1.82) is 0 Å². The van der Waals surface area contributed by atoms with Crippen LogP contribution in [0.3, 0.4) is 0 Å². The molecule has 0 aliphatic rings. The molecule has 1 N–H and O–H groups in total. The van der Waals surface area contributed by atoms with Gasteiger partial charge in [0.1, 0.15) is 35.4 Å². The maximum Gasteiger partial charge on any atom is 0.341 e. The second-order valence-corrected chi connectivity index (χ2v) is 10.7. The predicted octanol–water partition coefficient (Wildman–Crippen LogP) is 8.68. The van der Waals surface area contributed by atoms with Gasteiger partial charge >= 0.3 is 5.97 Å². The van der Waals surface area contributed by atoms with E-state index in [1.807, 2.05) is 68.4 Å². The summed E-state index contributed by atoms with van der Waals surface area (Å²) in [6.07, 6.45) is 0. The molecule has 0 spiro atoms. The molecular weight excluding hydrogens is 592 g/mol. The van der Waals surface area contributed by atoms with Crippen LogP contribution >= 0.6 is 0 Å². The standard InChI is InChI=1S/C40H38O7/c1-5-45-38(25-46-36-22-23-37(27(2)24-36)47-26-39(41)42)40(32-10-6-28(7-11-32)30-14-18-34(43-3)19-15-30)33-12-8-29(9-13-33)31-16-20-35(44-4)21-17-31/h6-24H,5,25-26H2,1-4H3,(H,41,42). The lowest BCUT2D eigenvalue weighted by atomic mass is 9.93. The molecule has 0 saturated carbocycles. The van der Waals surface area contributed by atoms with Gasteiger partial charge in [0.2, 0.25) is 0 Å². The number of rotatable bonds is 14. The Hall–Kier alpha value is -5.69. The summed E-state index contributed by atoms with van der Waals surface area (Å²) in [6, 6.07) is 38.1. The molecule has 0 unspecified atom stereocenters. The third-order valence-electron chi connectivity index (χ3n) is 7.66. The molecule has 5 aromatic rings. The molecule has 0 atom stereocenters. The fraction of sp³-hybridized carbons (Fsp3) is 0.175. The normalized spacial score (nSPS) is 10.6. The molecular formula is C40H38O7. The number of hydrogen-bond donors (Lipinski definition) is 1. The van der Waals surface area contributed by atoms with E-state index >= 15 is 0 Å². The minimum Gasteiger partial charge on any atom is -0.497 e. The Bertz CT molecular complexity index is 1710. The number of methoxy groups -OCH3 is 2. The van der Waals surface area contributed by atoms with Crippen molar-refractivity contribution < 1.29 is 33.6 Å². The maximum absolute atomic E-state index is 10.9. The molecule has 0 bridgehead atoms. The Morgan fingerprint density at radius 1 is 0.596 bits per heavy atom. The molecule has 0 aliphatic heterocycles. The van der Waals surface area contributed by atoms with Gasteiger partial charge in [-0.3, -0.25) is 0 Å². The van der Waals surface area contributed by atoms with Crippen LogP contribution in [0.2, 0.25) is 0 Å². The highest BCUT2D eigenvalue weighted by molar-refractivity contribution is 5.83. The van der Waals surface area contributed by atoms with Crippen molar-refractivity contribution in [2.45, 2.75) is 13.8 Å². The van der Waals surface area contributed by atoms with Gasteiger partial charge in [-0.2, -0.15) is 0 Å². The quantitative estimate of drug-likeness (QED) is 0.123. The van der Waals surface area contributed by atoms with Crippen LogP contribution in [0.15, 0.2) is 121 Å². The van der Waals surface area contributed by atoms with E-state index in [0.717, 1.165) is 56.0 Å². The molecule has 0 radical (unpaired) electrons. The lowest BCUT2D eigenvalue weighted by Crippen LogP contribution is -2.11. The topological polar surface area (TPSA) is 83.5 Å². The van der Waals surface area contributed by atoms with E-state index in [9.17, 15) is 4.79 Å². The van der Waals surface area contributed by atoms with Crippen LogP contribution in [-0.2, 0) is 9.53 Å². The van der Waals surface area contributed by atoms with Crippen molar-refractivity contribution in [3.63, 3.8) is 0 Å². The Labute approximate surface area is 275 Å². The number of carbonyl (C=O) groups is 1. The summed E-state index contributed by atoms with van der Waals surface area (Å²) in [4.78, 5) is 10.9. The molecule has 47 heavy (non-hydrogen) atoms. The molecule has 5 rings (SSSR count). The van der Waals surface area contributed by atoms with Gasteiger partial charge in [0, 0.05) is 5.57 Å². The molecule has 240 valence electrons. The second-order valence-electron chi connectivity index (χ2n) is 10.7. The summed E-state index contributed by atoms with van der Waals surface area (Å²) in [5, 5.41) is 8.96. The highest BCUT2D eigenvalue weighted by Gasteiger charge is 2.16. The molecule has 7 nitrogen and oxygen atoms in total. The second kappa shape index (κ2) is 15.5. The first-order valence-electron chi connectivity index (χ1n) is 15.3. The van der Waals surface area contributed by atoms with E-state index in [0.29, 0.717) is 23.9 Å². The minimum absolute atomic E-state index is 0.179. The van der Waals surface area contributed by atoms with Gasteiger partial charge in [-0.15, -0.1) is 0 Å². The zero-order valence-corrected chi connectivity index (χ0v) is 27.0. The summed E-state index contributed by atoms with van der Waals surface area (Å²) in [7, 11) is 3.32. The van der Waals surface area contributed by atoms with E-state index in [1.165, 1.54) is 0 Å². The molecule has 0 aliphatic carbocycles. The first kappa shape index (κ1) is 32.7. The highest BCUT2D eigenvalue weighted by Crippen LogP contribution is 2.33. The van der Waals surface area contributed by atoms with Gasteiger partial charge in [-0.05, 0) is 95.3 Å². The lowest BCUT2D eigenvalue weighted by Gasteiger charge is -2.19. The maximum atomic E-state index is 10.9. The molecule has 0 aromatic heterocycles. The van der Waals surface area contributed by atoms with Crippen LogP contribution in [0.1, 0.15) is 23.6 Å². The molecule has 0 saturated heterocycles. The Kier molecular flexibility index (Phi) is 10.8. The SMILES string of the molecule is CCOC(COc1ccc(OCC(=O)O)c(C)c1)=C(c1ccc(-c2ccc(OC)cc2)cc1)c1ccc(-c2ccc(OC)cc2)cc1. The monoisotopic (exact) mass is 630 g/mol. The number of carboxylic acid groups (broad SMARTS) is 1. The molecule has 0 amide bonds. The van der Waals surface area contributed by atoms with Crippen molar-refractivity contribution in [2.24, 2.45) is 0 Å². The van der Waals surface area contributed by atoms with Crippen LogP contribution in [-0.4, -0.2) is 45.1 Å². The zero-order chi connectivity index (χ0) is 33.2. The third-order valence-corrected chi connectivity index (χ3v) is 7.66. The van der Waals surface area contributed by atoms with Crippen molar-refractivity contribution in [3.05, 3.63) is 138 Å². The highest BCUT2D eigenvalue weighted by atomic mass is 16.5. The van der Waals surface area contributed by atoms with Crippen LogP contribution in [0.4, 0.5) is 0 Å². The van der Waals surface area contributed by atoms with E-state index in [2.05, 4.69) is 48.5 Å². The summed E-state index contributed by atoms with van der Waals surface area (Å²) in [5.41, 5.74) is 8.01. The lowest BCUT2D eigenvalue weighted by molar-refractivity contribution is -0.139. The first-order valence-corrected chi connectivity index (χ1v) is 15.3. The summed E-state index contributed by atoms with van der Waals surface area (Å²) in [5.74, 6) is 2.39. The molecule has 0 heterocycles. The number of aliphatic carboxylic acids is 1. The van der Waals surface area contributed by atoms with Gasteiger partial charge in [-0.25, -0.2) is 4.79 Å². The summed E-state index contributed by atoms with van der Waals surface area (Å²) in [6.45, 7) is 4.03. The largest absolute Gasteiger partial charge is 0.497 e. The van der Waals surface area contributed by atoms with Crippen molar-refractivity contribution >= 4 is 11.5 Å². The van der Waals surface area contributed by atoms with E-state index in [4.69, 9.17) is 28.8 Å². The molecule has 0 fully saturated rings. The van der Waals surface area contributed by atoms with Crippen LogP contribution in [0.25, 0.3) is 27.8 Å². The number of benzene rings is 5. The molecule has 7 heteroatoms. The van der Waals surface area contributed by atoms with E-state index in [1.54, 1.807) is 26.4 Å². The fourth-order valence-corrected chi connectivity index (χ4v) is 5.24. The van der Waals surface area contributed by atoms with Crippen molar-refractivity contribution in [1.82, 2.24) is 0 Å². The van der Waals surface area contributed by atoms with Crippen LogP contribution in [0, 0.1) is 6.92 Å². The van der Waals surface area contributed by atoms with Gasteiger partial charge in [-0.1, -0.05) is 72.8 Å². The Balaban J connectivity index is 1.50. The average Bonchev–Trinajstić information content (AvgIpc) is 3.11. The third kappa shape index (κ3) is 8.32. The minimum atomic E-state index is -1.03. The van der Waals surface area contributed by atoms with Crippen molar-refractivity contribution in [3.8, 4) is 45.3 Å². The number of ether oxygens (including phenoxy) is 5. The summed E-state index contributed by atoms with van der Waals surface area (Å²) >= 11 is 0. The Morgan fingerprint density at radius 3 is 1.45 bits per heavy atom. The van der Waals surface area contributed by atoms with Crippen LogP contribution in [0.5, 0.6) is 23.0 Å². The number of hydrogen-bond acceptors (Lipinski definition) is 6. The van der Waals surface area contributed by atoms with Crippen LogP contribution < -0.4 is 18.9 Å². The Morgan fingerprint density at radius 2 is 1.04 bits per heavy atom. The summed E-state index contributed by atoms with van der Waals surface area (Å²) < 4.78 is 28.5. The van der Waals surface area contributed by atoms with E-state index in [-0.39, 0.29) is 6.61 Å². The first-order chi connectivity index (χ1) is 22.9. The zero-order valence-electron chi connectivity index (χ0n) is 27.0. The average molecular weight is 631 g/mol. The smallest absolute Gasteiger partial charge is 0.341 e. The molecule has 5 aromatic carbocycles. The van der Waals surface area contributed by atoms with Gasteiger partial charge < -0.3 is 28.8 Å². The van der Waals surface area contributed by atoms with Crippen molar-refractivity contribution in [2.75, 3.05) is 34.0 Å². The van der Waals surface area contributed by atoms with Gasteiger partial charge in [0.25, 0.3) is 0 Å². The van der Waals surface area contributed by atoms with E-state index < -0.39 is 12.6 Å². The van der Waals surface area contributed by atoms with Gasteiger partial charge in [0.05, 0.1) is 20.8 Å².